The molecule has 0 spiro atoms. The lowest BCUT2D eigenvalue weighted by molar-refractivity contribution is 0.311. The van der Waals surface area contributed by atoms with Crippen LogP contribution in [-0.2, 0) is 6.42 Å². The molecule has 2 heterocycles. The molecular formula is C17H19ClN2. The smallest absolute Gasteiger partial charge is 0.0578 e. The van der Waals surface area contributed by atoms with Gasteiger partial charge in [-0.25, -0.2) is 0 Å². The van der Waals surface area contributed by atoms with Crippen molar-refractivity contribution >= 4 is 11.6 Å². The summed E-state index contributed by atoms with van der Waals surface area (Å²) in [6, 6.07) is 14.9. The van der Waals surface area contributed by atoms with Gasteiger partial charge >= 0.3 is 0 Å². The van der Waals surface area contributed by atoms with E-state index in [1.165, 1.54) is 30.6 Å². The van der Waals surface area contributed by atoms with E-state index in [4.69, 9.17) is 16.6 Å². The second-order valence-corrected chi connectivity index (χ2v) is 5.93. The molecule has 3 heteroatoms. The minimum absolute atomic E-state index is 0.486. The SMILES string of the molecule is CN1CCCC1c1cccc(Cc2ccc(Cl)cc2)n1. The Kier molecular flexibility index (Phi) is 4.04. The van der Waals surface area contributed by atoms with Crippen LogP contribution in [0.25, 0.3) is 0 Å². The quantitative estimate of drug-likeness (QED) is 0.845. The summed E-state index contributed by atoms with van der Waals surface area (Å²) in [6.45, 7) is 1.17. The largest absolute Gasteiger partial charge is 0.298 e. The fraction of sp³-hybridized carbons (Fsp3) is 0.353. The van der Waals surface area contributed by atoms with Crippen LogP contribution in [0.15, 0.2) is 42.5 Å². The van der Waals surface area contributed by atoms with Crippen LogP contribution >= 0.6 is 11.6 Å². The van der Waals surface area contributed by atoms with Crippen molar-refractivity contribution in [3.8, 4) is 0 Å². The Morgan fingerprint density at radius 2 is 2.00 bits per heavy atom. The van der Waals surface area contributed by atoms with Crippen LogP contribution in [0.2, 0.25) is 5.02 Å². The molecule has 1 unspecified atom stereocenters. The van der Waals surface area contributed by atoms with E-state index in [1.807, 2.05) is 12.1 Å². The van der Waals surface area contributed by atoms with Crippen LogP contribution in [0.5, 0.6) is 0 Å². The molecule has 0 bridgehead atoms. The molecule has 1 aliphatic heterocycles. The van der Waals surface area contributed by atoms with Gasteiger partial charge in [0.2, 0.25) is 0 Å². The van der Waals surface area contributed by atoms with Gasteiger partial charge in [-0.05, 0) is 56.3 Å². The van der Waals surface area contributed by atoms with Crippen LogP contribution in [0.3, 0.4) is 0 Å². The van der Waals surface area contributed by atoms with E-state index in [0.29, 0.717) is 6.04 Å². The summed E-state index contributed by atoms with van der Waals surface area (Å²) in [5.41, 5.74) is 3.58. The highest BCUT2D eigenvalue weighted by molar-refractivity contribution is 6.30. The molecule has 1 aromatic carbocycles. The van der Waals surface area contributed by atoms with Crippen LogP contribution < -0.4 is 0 Å². The van der Waals surface area contributed by atoms with Crippen LogP contribution in [-0.4, -0.2) is 23.5 Å². The second kappa shape index (κ2) is 5.94. The van der Waals surface area contributed by atoms with Gasteiger partial charge in [0.15, 0.2) is 0 Å². The number of pyridine rings is 1. The Balaban J connectivity index is 1.79. The minimum Gasteiger partial charge on any atom is -0.298 e. The molecular weight excluding hydrogens is 268 g/mol. The van der Waals surface area contributed by atoms with Gasteiger partial charge in [-0.1, -0.05) is 29.8 Å². The maximum absolute atomic E-state index is 5.92. The highest BCUT2D eigenvalue weighted by Gasteiger charge is 2.23. The van der Waals surface area contributed by atoms with Gasteiger partial charge in [0.05, 0.1) is 11.7 Å². The Bertz CT molecular complexity index is 580. The van der Waals surface area contributed by atoms with Gasteiger partial charge in [-0.3, -0.25) is 9.88 Å². The number of halogens is 1. The number of hydrogen-bond acceptors (Lipinski definition) is 2. The third-order valence-electron chi connectivity index (χ3n) is 3.99. The fourth-order valence-corrected chi connectivity index (χ4v) is 3.00. The minimum atomic E-state index is 0.486. The van der Waals surface area contributed by atoms with E-state index in [0.717, 1.165) is 17.1 Å². The topological polar surface area (TPSA) is 16.1 Å². The molecule has 2 nitrogen and oxygen atoms in total. The fourth-order valence-electron chi connectivity index (χ4n) is 2.88. The highest BCUT2D eigenvalue weighted by atomic mass is 35.5. The monoisotopic (exact) mass is 286 g/mol. The Hall–Kier alpha value is -1.38. The first-order valence-electron chi connectivity index (χ1n) is 7.13. The summed E-state index contributed by atoms with van der Waals surface area (Å²) in [7, 11) is 2.19. The van der Waals surface area contributed by atoms with E-state index in [-0.39, 0.29) is 0 Å². The van der Waals surface area contributed by atoms with Crippen molar-refractivity contribution in [2.75, 3.05) is 13.6 Å². The summed E-state index contributed by atoms with van der Waals surface area (Å²) in [5.74, 6) is 0. The standard InChI is InChI=1S/C17H19ClN2/c1-20-11-3-6-17(20)16-5-2-4-15(19-16)12-13-7-9-14(18)10-8-13/h2,4-5,7-10,17H,3,6,11-12H2,1H3. The highest BCUT2D eigenvalue weighted by Crippen LogP contribution is 2.29. The number of likely N-dealkylation sites (tertiary alicyclic amines) is 1. The third-order valence-corrected chi connectivity index (χ3v) is 4.24. The molecule has 3 rings (SSSR count). The second-order valence-electron chi connectivity index (χ2n) is 5.50. The van der Waals surface area contributed by atoms with Crippen LogP contribution in [0.4, 0.5) is 0 Å². The lowest BCUT2D eigenvalue weighted by Gasteiger charge is -2.19. The molecule has 0 amide bonds. The average molecular weight is 287 g/mol. The molecule has 1 aromatic heterocycles. The third kappa shape index (κ3) is 3.02. The molecule has 0 N–H and O–H groups in total. The molecule has 1 aliphatic rings. The Morgan fingerprint density at radius 3 is 2.70 bits per heavy atom. The molecule has 1 fully saturated rings. The van der Waals surface area contributed by atoms with Crippen molar-refractivity contribution in [3.63, 3.8) is 0 Å². The predicted molar refractivity (Wildman–Crippen MR) is 83.1 cm³/mol. The number of aromatic nitrogens is 1. The van der Waals surface area contributed by atoms with Crippen LogP contribution in [0.1, 0.15) is 35.8 Å². The number of hydrogen-bond donors (Lipinski definition) is 0. The zero-order valence-corrected chi connectivity index (χ0v) is 12.5. The van der Waals surface area contributed by atoms with Crippen molar-refractivity contribution in [2.24, 2.45) is 0 Å². The molecule has 0 radical (unpaired) electrons. The van der Waals surface area contributed by atoms with Crippen LogP contribution in [0, 0.1) is 0 Å². The van der Waals surface area contributed by atoms with Gasteiger partial charge < -0.3 is 0 Å². The summed E-state index contributed by atoms with van der Waals surface area (Å²) in [4.78, 5) is 7.25. The van der Waals surface area contributed by atoms with Crippen molar-refractivity contribution in [1.82, 2.24) is 9.88 Å². The summed E-state index contributed by atoms with van der Waals surface area (Å²) in [6.07, 6.45) is 3.35. The van der Waals surface area contributed by atoms with Gasteiger partial charge in [0.1, 0.15) is 0 Å². The molecule has 0 saturated carbocycles. The molecule has 20 heavy (non-hydrogen) atoms. The summed E-state index contributed by atoms with van der Waals surface area (Å²) >= 11 is 5.92. The first-order chi connectivity index (χ1) is 9.72. The maximum atomic E-state index is 5.92. The van der Waals surface area contributed by atoms with Gasteiger partial charge in [-0.15, -0.1) is 0 Å². The predicted octanol–water partition coefficient (Wildman–Crippen LogP) is 4.09. The van der Waals surface area contributed by atoms with Crippen molar-refractivity contribution in [1.29, 1.82) is 0 Å². The summed E-state index contributed by atoms with van der Waals surface area (Å²) < 4.78 is 0. The lowest BCUT2D eigenvalue weighted by Crippen LogP contribution is -2.18. The first-order valence-corrected chi connectivity index (χ1v) is 7.51. The summed E-state index contributed by atoms with van der Waals surface area (Å²) in [5, 5.41) is 0.781. The van der Waals surface area contributed by atoms with E-state index in [1.54, 1.807) is 0 Å². The van der Waals surface area contributed by atoms with E-state index in [2.05, 4.69) is 42.3 Å². The normalized spacial score (nSPS) is 19.4. The molecule has 0 aliphatic carbocycles. The Labute approximate surface area is 125 Å². The maximum Gasteiger partial charge on any atom is 0.0578 e. The van der Waals surface area contributed by atoms with Crippen molar-refractivity contribution in [2.45, 2.75) is 25.3 Å². The average Bonchev–Trinajstić information content (AvgIpc) is 2.88. The van der Waals surface area contributed by atoms with E-state index in [9.17, 15) is 0 Å². The van der Waals surface area contributed by atoms with E-state index >= 15 is 0 Å². The van der Waals surface area contributed by atoms with Gasteiger partial charge in [0.25, 0.3) is 0 Å². The van der Waals surface area contributed by atoms with Crippen molar-refractivity contribution < 1.29 is 0 Å². The zero-order valence-electron chi connectivity index (χ0n) is 11.7. The first kappa shape index (κ1) is 13.6. The molecule has 2 aromatic rings. The number of benzene rings is 1. The van der Waals surface area contributed by atoms with Gasteiger partial charge in [-0.2, -0.15) is 0 Å². The Morgan fingerprint density at radius 1 is 1.20 bits per heavy atom. The molecule has 1 atom stereocenters. The molecule has 1 saturated heterocycles. The van der Waals surface area contributed by atoms with E-state index < -0.39 is 0 Å². The van der Waals surface area contributed by atoms with Gasteiger partial charge in [0, 0.05) is 17.1 Å². The molecule has 104 valence electrons. The number of rotatable bonds is 3. The zero-order chi connectivity index (χ0) is 13.9. The van der Waals surface area contributed by atoms with Crippen molar-refractivity contribution in [3.05, 3.63) is 64.4 Å². The lowest BCUT2D eigenvalue weighted by atomic mass is 10.1. The number of nitrogens with zero attached hydrogens (tertiary/aromatic N) is 2.